The molecule has 0 atom stereocenters. The third kappa shape index (κ3) is 3.94. The molecule has 1 N–H and O–H groups in total. The highest BCUT2D eigenvalue weighted by atomic mass is 32.1. The number of aryl methyl sites for hydroxylation is 2. The highest BCUT2D eigenvalue weighted by Crippen LogP contribution is 2.42. The minimum atomic E-state index is -0.109. The van der Waals surface area contributed by atoms with Crippen LogP contribution in [0.4, 0.5) is 5.13 Å². The SMILES string of the molecule is O=C(Nc1nnc(C2CC2)s1)c1ccccc1CCc1ccccc1. The van der Waals surface area contributed by atoms with Gasteiger partial charge in [0, 0.05) is 11.5 Å². The van der Waals surface area contributed by atoms with E-state index in [4.69, 9.17) is 0 Å². The Hall–Kier alpha value is -2.53. The van der Waals surface area contributed by atoms with Gasteiger partial charge in [-0.05, 0) is 42.9 Å². The molecule has 0 unspecified atom stereocenters. The molecule has 0 radical (unpaired) electrons. The Morgan fingerprint density at radius 1 is 1.00 bits per heavy atom. The average Bonchev–Trinajstić information content (AvgIpc) is 3.41. The van der Waals surface area contributed by atoms with Crippen molar-refractivity contribution in [3.05, 3.63) is 76.3 Å². The summed E-state index contributed by atoms with van der Waals surface area (Å²) in [5.41, 5.74) is 3.04. The van der Waals surface area contributed by atoms with Crippen molar-refractivity contribution in [2.45, 2.75) is 31.6 Å². The third-order valence-electron chi connectivity index (χ3n) is 4.38. The molecule has 25 heavy (non-hydrogen) atoms. The lowest BCUT2D eigenvalue weighted by Crippen LogP contribution is -2.14. The molecule has 1 aliphatic rings. The number of amides is 1. The second kappa shape index (κ2) is 7.15. The van der Waals surface area contributed by atoms with Crippen LogP contribution in [-0.4, -0.2) is 16.1 Å². The van der Waals surface area contributed by atoms with Gasteiger partial charge in [0.05, 0.1) is 0 Å². The molecule has 1 amide bonds. The summed E-state index contributed by atoms with van der Waals surface area (Å²) in [6.07, 6.45) is 4.11. The highest BCUT2D eigenvalue weighted by molar-refractivity contribution is 7.15. The number of benzene rings is 2. The Balaban J connectivity index is 1.46. The second-order valence-electron chi connectivity index (χ2n) is 6.32. The van der Waals surface area contributed by atoms with Gasteiger partial charge >= 0.3 is 0 Å². The van der Waals surface area contributed by atoms with Crippen molar-refractivity contribution in [3.8, 4) is 0 Å². The Labute approximate surface area is 150 Å². The van der Waals surface area contributed by atoms with Crippen LogP contribution in [0.5, 0.6) is 0 Å². The van der Waals surface area contributed by atoms with Crippen molar-refractivity contribution in [2.24, 2.45) is 0 Å². The Kier molecular flexibility index (Phi) is 4.57. The fraction of sp³-hybridized carbons (Fsp3) is 0.250. The zero-order valence-electron chi connectivity index (χ0n) is 13.8. The summed E-state index contributed by atoms with van der Waals surface area (Å²) in [6.45, 7) is 0. The van der Waals surface area contributed by atoms with E-state index in [9.17, 15) is 4.79 Å². The Bertz CT molecular complexity index is 871. The van der Waals surface area contributed by atoms with E-state index in [0.29, 0.717) is 16.6 Å². The van der Waals surface area contributed by atoms with Crippen LogP contribution in [0.25, 0.3) is 0 Å². The largest absolute Gasteiger partial charge is 0.296 e. The maximum atomic E-state index is 12.7. The van der Waals surface area contributed by atoms with E-state index < -0.39 is 0 Å². The van der Waals surface area contributed by atoms with Gasteiger partial charge in [0.2, 0.25) is 5.13 Å². The molecule has 1 aromatic heterocycles. The van der Waals surface area contributed by atoms with Crippen LogP contribution in [0.15, 0.2) is 54.6 Å². The van der Waals surface area contributed by atoms with Crippen LogP contribution in [0, 0.1) is 0 Å². The number of rotatable bonds is 6. The van der Waals surface area contributed by atoms with E-state index in [1.54, 1.807) is 0 Å². The third-order valence-corrected chi connectivity index (χ3v) is 5.38. The van der Waals surface area contributed by atoms with Gasteiger partial charge in [-0.15, -0.1) is 10.2 Å². The molecular weight excluding hydrogens is 330 g/mol. The highest BCUT2D eigenvalue weighted by Gasteiger charge is 2.27. The maximum absolute atomic E-state index is 12.7. The van der Waals surface area contributed by atoms with E-state index >= 15 is 0 Å². The summed E-state index contributed by atoms with van der Waals surface area (Å²) in [6, 6.07) is 18.1. The monoisotopic (exact) mass is 349 g/mol. The van der Waals surface area contributed by atoms with E-state index in [0.717, 1.165) is 23.4 Å². The topological polar surface area (TPSA) is 54.9 Å². The van der Waals surface area contributed by atoms with Crippen molar-refractivity contribution in [1.29, 1.82) is 0 Å². The molecule has 1 heterocycles. The zero-order chi connectivity index (χ0) is 17.1. The maximum Gasteiger partial charge on any atom is 0.257 e. The Morgan fingerprint density at radius 2 is 1.76 bits per heavy atom. The smallest absolute Gasteiger partial charge is 0.257 e. The average molecular weight is 349 g/mol. The van der Waals surface area contributed by atoms with E-state index in [1.807, 2.05) is 42.5 Å². The molecule has 4 nitrogen and oxygen atoms in total. The molecule has 0 aliphatic heterocycles. The molecule has 0 spiro atoms. The van der Waals surface area contributed by atoms with Crippen LogP contribution in [0.2, 0.25) is 0 Å². The zero-order valence-corrected chi connectivity index (χ0v) is 14.6. The van der Waals surface area contributed by atoms with E-state index in [2.05, 4.69) is 27.6 Å². The number of anilines is 1. The van der Waals surface area contributed by atoms with Crippen LogP contribution in [0.1, 0.15) is 45.3 Å². The van der Waals surface area contributed by atoms with Gasteiger partial charge in [-0.1, -0.05) is 59.9 Å². The quantitative estimate of drug-likeness (QED) is 0.715. The van der Waals surface area contributed by atoms with Gasteiger partial charge < -0.3 is 0 Å². The van der Waals surface area contributed by atoms with Crippen LogP contribution in [0.3, 0.4) is 0 Å². The summed E-state index contributed by atoms with van der Waals surface area (Å²) in [5, 5.41) is 12.8. The first-order valence-electron chi connectivity index (χ1n) is 8.56. The predicted octanol–water partition coefficient (Wildman–Crippen LogP) is 4.45. The van der Waals surface area contributed by atoms with Crippen LogP contribution >= 0.6 is 11.3 Å². The Morgan fingerprint density at radius 3 is 2.56 bits per heavy atom. The molecule has 5 heteroatoms. The van der Waals surface area contributed by atoms with Gasteiger partial charge in [0.25, 0.3) is 5.91 Å². The molecule has 0 bridgehead atoms. The molecule has 126 valence electrons. The number of hydrogen-bond donors (Lipinski definition) is 1. The van der Waals surface area contributed by atoms with Crippen molar-refractivity contribution >= 4 is 22.4 Å². The summed E-state index contributed by atoms with van der Waals surface area (Å²) < 4.78 is 0. The minimum absolute atomic E-state index is 0.109. The molecule has 1 aliphatic carbocycles. The summed E-state index contributed by atoms with van der Waals surface area (Å²) in [4.78, 5) is 12.7. The predicted molar refractivity (Wildman–Crippen MR) is 100 cm³/mol. The molecule has 0 saturated heterocycles. The fourth-order valence-corrected chi connectivity index (χ4v) is 3.74. The first kappa shape index (κ1) is 16.0. The van der Waals surface area contributed by atoms with Crippen molar-refractivity contribution < 1.29 is 4.79 Å². The first-order chi connectivity index (χ1) is 12.3. The normalized spacial score (nSPS) is 13.6. The van der Waals surface area contributed by atoms with Crippen molar-refractivity contribution in [1.82, 2.24) is 10.2 Å². The molecule has 2 aromatic carbocycles. The molecular formula is C20H19N3OS. The van der Waals surface area contributed by atoms with Gasteiger partial charge in [-0.2, -0.15) is 0 Å². The fourth-order valence-electron chi connectivity index (χ4n) is 2.83. The van der Waals surface area contributed by atoms with E-state index in [-0.39, 0.29) is 5.91 Å². The number of nitrogens with zero attached hydrogens (tertiary/aromatic N) is 2. The van der Waals surface area contributed by atoms with E-state index in [1.165, 1.54) is 29.7 Å². The molecule has 3 aromatic rings. The van der Waals surface area contributed by atoms with Gasteiger partial charge in [-0.3, -0.25) is 10.1 Å². The lowest BCUT2D eigenvalue weighted by molar-refractivity contribution is 0.102. The number of carbonyl (C=O) groups is 1. The van der Waals surface area contributed by atoms with Crippen molar-refractivity contribution in [3.63, 3.8) is 0 Å². The number of carbonyl (C=O) groups excluding carboxylic acids is 1. The van der Waals surface area contributed by atoms with Gasteiger partial charge in [0.1, 0.15) is 5.01 Å². The van der Waals surface area contributed by atoms with Gasteiger partial charge in [-0.25, -0.2) is 0 Å². The molecule has 4 rings (SSSR count). The number of aromatic nitrogens is 2. The lowest BCUT2D eigenvalue weighted by Gasteiger charge is -2.09. The number of nitrogens with one attached hydrogen (secondary N) is 1. The van der Waals surface area contributed by atoms with Gasteiger partial charge in [0.15, 0.2) is 0 Å². The van der Waals surface area contributed by atoms with Crippen LogP contribution < -0.4 is 5.32 Å². The van der Waals surface area contributed by atoms with Crippen LogP contribution in [-0.2, 0) is 12.8 Å². The van der Waals surface area contributed by atoms with Crippen molar-refractivity contribution in [2.75, 3.05) is 5.32 Å². The molecule has 1 fully saturated rings. The summed E-state index contributed by atoms with van der Waals surface area (Å²) in [5.74, 6) is 0.448. The minimum Gasteiger partial charge on any atom is -0.296 e. The lowest BCUT2D eigenvalue weighted by atomic mass is 9.99. The summed E-state index contributed by atoms with van der Waals surface area (Å²) >= 11 is 1.49. The first-order valence-corrected chi connectivity index (χ1v) is 9.38. The second-order valence-corrected chi connectivity index (χ2v) is 7.33. The standard InChI is InChI=1S/C20H19N3OS/c24-18(21-20-23-22-19(25-20)16-12-13-16)17-9-5-4-8-15(17)11-10-14-6-2-1-3-7-14/h1-9,16H,10-13H2,(H,21,23,24). The number of hydrogen-bond acceptors (Lipinski definition) is 4. The summed E-state index contributed by atoms with van der Waals surface area (Å²) in [7, 11) is 0. The molecule has 1 saturated carbocycles.